The van der Waals surface area contributed by atoms with Crippen LogP contribution in [-0.4, -0.2) is 30.8 Å². The second-order valence-electron chi connectivity index (χ2n) is 10.2. The Hall–Kier alpha value is -4.26. The lowest BCUT2D eigenvalue weighted by Gasteiger charge is -2.31. The van der Waals surface area contributed by atoms with Gasteiger partial charge in [-0.05, 0) is 68.5 Å². The predicted octanol–water partition coefficient (Wildman–Crippen LogP) is 7.24. The molecule has 0 spiro atoms. The van der Waals surface area contributed by atoms with Crippen molar-refractivity contribution in [3.8, 4) is 22.3 Å². The number of carboxylic acids is 1. The van der Waals surface area contributed by atoms with Gasteiger partial charge in [0.15, 0.2) is 0 Å². The van der Waals surface area contributed by atoms with Gasteiger partial charge in [-0.1, -0.05) is 42.6 Å². The van der Waals surface area contributed by atoms with Gasteiger partial charge in [-0.15, -0.1) is 0 Å². The fourth-order valence-corrected chi connectivity index (χ4v) is 6.01. The lowest BCUT2D eigenvalue weighted by molar-refractivity contribution is 0.0697. The van der Waals surface area contributed by atoms with E-state index < -0.39 is 5.97 Å². The molecule has 0 saturated heterocycles. The molecule has 0 aliphatic heterocycles. The van der Waals surface area contributed by atoms with Gasteiger partial charge in [-0.25, -0.2) is 9.78 Å². The third-order valence-electron chi connectivity index (χ3n) is 7.82. The van der Waals surface area contributed by atoms with Gasteiger partial charge < -0.3 is 14.2 Å². The molecule has 1 aromatic carbocycles. The minimum Gasteiger partial charge on any atom is -0.478 e. The predicted molar refractivity (Wildman–Crippen MR) is 146 cm³/mol. The Bertz CT molecular complexity index is 1580. The molecule has 0 bridgehead atoms. The normalized spacial score (nSPS) is 15.1. The van der Waals surface area contributed by atoms with E-state index in [0.717, 1.165) is 63.3 Å². The molecule has 5 aromatic rings. The number of aromatic carboxylic acids is 1. The molecule has 192 valence electrons. The first-order chi connectivity index (χ1) is 18.5. The van der Waals surface area contributed by atoms with Crippen LogP contribution in [0.25, 0.3) is 33.3 Å². The molecule has 1 aliphatic rings. The molecular formula is C31H30N4O3. The van der Waals surface area contributed by atoms with Gasteiger partial charge in [0, 0.05) is 40.7 Å². The third-order valence-corrected chi connectivity index (χ3v) is 7.82. The smallest absolute Gasteiger partial charge is 0.335 e. The molecule has 1 saturated carbocycles. The highest BCUT2D eigenvalue weighted by atomic mass is 16.5. The quantitative estimate of drug-likeness (QED) is 0.261. The van der Waals surface area contributed by atoms with E-state index in [4.69, 9.17) is 14.5 Å². The molecule has 1 aliphatic carbocycles. The van der Waals surface area contributed by atoms with E-state index in [0.29, 0.717) is 5.92 Å². The summed E-state index contributed by atoms with van der Waals surface area (Å²) < 4.78 is 7.74. The maximum atomic E-state index is 11.5. The summed E-state index contributed by atoms with van der Waals surface area (Å²) in [6.45, 7) is 3.85. The Kier molecular flexibility index (Phi) is 6.27. The molecule has 1 fully saturated rings. The average molecular weight is 507 g/mol. The highest BCUT2D eigenvalue weighted by Crippen LogP contribution is 2.42. The van der Waals surface area contributed by atoms with Crippen molar-refractivity contribution < 1.29 is 14.4 Å². The Balaban J connectivity index is 1.58. The van der Waals surface area contributed by atoms with E-state index in [9.17, 15) is 9.90 Å². The number of rotatable bonds is 6. The maximum absolute atomic E-state index is 11.5. The van der Waals surface area contributed by atoms with Crippen LogP contribution in [0.3, 0.4) is 0 Å². The van der Waals surface area contributed by atoms with E-state index in [2.05, 4.69) is 34.1 Å². The van der Waals surface area contributed by atoms with Gasteiger partial charge in [0.2, 0.25) is 0 Å². The minimum absolute atomic E-state index is 0.0588. The monoisotopic (exact) mass is 506 g/mol. The van der Waals surface area contributed by atoms with Gasteiger partial charge in [-0.2, -0.15) is 0 Å². The average Bonchev–Trinajstić information content (AvgIpc) is 3.49. The van der Waals surface area contributed by atoms with Gasteiger partial charge in [0.05, 0.1) is 23.0 Å². The van der Waals surface area contributed by atoms with Gasteiger partial charge in [0.1, 0.15) is 11.4 Å². The van der Waals surface area contributed by atoms with Gasteiger partial charge in [0.25, 0.3) is 0 Å². The molecule has 4 heterocycles. The second-order valence-corrected chi connectivity index (χ2v) is 10.2. The van der Waals surface area contributed by atoms with Crippen LogP contribution in [0.5, 0.6) is 0 Å². The first kappa shape index (κ1) is 24.1. The number of aromatic nitrogens is 4. The Morgan fingerprint density at radius 1 is 1.03 bits per heavy atom. The fraction of sp³-hybridized carbons (Fsp3) is 0.290. The zero-order valence-corrected chi connectivity index (χ0v) is 21.6. The number of carboxylic acid groups (broad SMARTS) is 1. The zero-order valence-electron chi connectivity index (χ0n) is 21.6. The first-order valence-electron chi connectivity index (χ1n) is 13.2. The summed E-state index contributed by atoms with van der Waals surface area (Å²) in [5, 5.41) is 14.6. The van der Waals surface area contributed by atoms with E-state index in [1.165, 1.54) is 19.3 Å². The van der Waals surface area contributed by atoms with Crippen LogP contribution in [0, 0.1) is 19.8 Å². The van der Waals surface area contributed by atoms with Crippen molar-refractivity contribution in [1.82, 2.24) is 19.7 Å². The van der Waals surface area contributed by atoms with Crippen molar-refractivity contribution in [2.75, 3.05) is 0 Å². The van der Waals surface area contributed by atoms with Crippen molar-refractivity contribution in [2.45, 2.75) is 52.0 Å². The molecule has 6 rings (SSSR count). The molecule has 7 nitrogen and oxygen atoms in total. The van der Waals surface area contributed by atoms with E-state index in [-0.39, 0.29) is 11.6 Å². The van der Waals surface area contributed by atoms with Crippen LogP contribution in [0.1, 0.15) is 65.7 Å². The van der Waals surface area contributed by atoms with Crippen LogP contribution in [0.2, 0.25) is 0 Å². The SMILES string of the molecule is Cc1noc(C)c1-c1cnc2c(c1)c(-c1ccc(C(=O)O)cc1)cn2C(c1ccccn1)C1CCCCC1. The summed E-state index contributed by atoms with van der Waals surface area (Å²) in [5.74, 6) is 0.276. The van der Waals surface area contributed by atoms with Crippen molar-refractivity contribution in [1.29, 1.82) is 0 Å². The molecule has 0 radical (unpaired) electrons. The number of aryl methyl sites for hydroxylation is 2. The summed E-state index contributed by atoms with van der Waals surface area (Å²) in [5.41, 5.74) is 6.87. The Labute approximate surface area is 221 Å². The van der Waals surface area contributed by atoms with Crippen molar-refractivity contribution in [2.24, 2.45) is 5.92 Å². The number of carbonyl (C=O) groups is 1. The Morgan fingerprint density at radius 3 is 2.47 bits per heavy atom. The maximum Gasteiger partial charge on any atom is 0.335 e. The lowest BCUT2D eigenvalue weighted by atomic mass is 9.82. The summed E-state index contributed by atoms with van der Waals surface area (Å²) in [6, 6.07) is 15.4. The van der Waals surface area contributed by atoms with Crippen molar-refractivity contribution in [3.05, 3.63) is 89.8 Å². The molecule has 4 aromatic heterocycles. The lowest BCUT2D eigenvalue weighted by Crippen LogP contribution is -2.23. The van der Waals surface area contributed by atoms with Crippen molar-refractivity contribution in [3.63, 3.8) is 0 Å². The number of hydrogen-bond acceptors (Lipinski definition) is 5. The summed E-state index contributed by atoms with van der Waals surface area (Å²) in [4.78, 5) is 21.3. The third kappa shape index (κ3) is 4.28. The number of pyridine rings is 2. The summed E-state index contributed by atoms with van der Waals surface area (Å²) in [7, 11) is 0. The number of fused-ring (bicyclic) bond motifs is 1. The molecule has 1 unspecified atom stereocenters. The molecule has 1 N–H and O–H groups in total. The van der Waals surface area contributed by atoms with E-state index >= 15 is 0 Å². The first-order valence-corrected chi connectivity index (χ1v) is 13.2. The molecule has 7 heteroatoms. The standard InChI is InChI=1S/C31H30N4O3/c1-19-28(20(2)38-34-19)24-16-25-26(21-11-13-23(14-12-21)31(36)37)18-35(30(25)33-17-24)29(22-8-4-3-5-9-22)27-10-6-7-15-32-27/h6-7,10-18,22,29H,3-5,8-9H2,1-2H3,(H,36,37). The van der Waals surface area contributed by atoms with Gasteiger partial charge in [-0.3, -0.25) is 4.98 Å². The largest absolute Gasteiger partial charge is 0.478 e. The summed E-state index contributed by atoms with van der Waals surface area (Å²) >= 11 is 0. The van der Waals surface area contributed by atoms with Gasteiger partial charge >= 0.3 is 5.97 Å². The van der Waals surface area contributed by atoms with Crippen molar-refractivity contribution >= 4 is 17.0 Å². The highest BCUT2D eigenvalue weighted by molar-refractivity contribution is 5.97. The molecular weight excluding hydrogens is 476 g/mol. The van der Waals surface area contributed by atoms with Crippen LogP contribution < -0.4 is 0 Å². The van der Waals surface area contributed by atoms with E-state index in [1.807, 2.05) is 44.4 Å². The molecule has 1 atom stereocenters. The topological polar surface area (TPSA) is 94.0 Å². The van der Waals surface area contributed by atoms with Crippen LogP contribution >= 0.6 is 0 Å². The second kappa shape index (κ2) is 9.89. The van der Waals surface area contributed by atoms with Crippen LogP contribution in [-0.2, 0) is 0 Å². The number of nitrogens with zero attached hydrogens (tertiary/aromatic N) is 4. The molecule has 38 heavy (non-hydrogen) atoms. The Morgan fingerprint density at radius 2 is 1.82 bits per heavy atom. The highest BCUT2D eigenvalue weighted by Gasteiger charge is 2.30. The van der Waals surface area contributed by atoms with E-state index in [1.54, 1.807) is 12.1 Å². The summed E-state index contributed by atoms with van der Waals surface area (Å²) in [6.07, 6.45) is 12.0. The number of benzene rings is 1. The number of hydrogen-bond donors (Lipinski definition) is 1. The van der Waals surface area contributed by atoms with Crippen LogP contribution in [0.15, 0.2) is 71.6 Å². The zero-order chi connectivity index (χ0) is 26.2. The van der Waals surface area contributed by atoms with Crippen LogP contribution in [0.4, 0.5) is 0 Å². The fourth-order valence-electron chi connectivity index (χ4n) is 6.01. The minimum atomic E-state index is -0.936. The molecule has 0 amide bonds.